The van der Waals surface area contributed by atoms with E-state index >= 15 is 0 Å². The van der Waals surface area contributed by atoms with Crippen LogP contribution in [0.5, 0.6) is 11.5 Å². The van der Waals surface area contributed by atoms with Gasteiger partial charge in [-0.3, -0.25) is 9.59 Å². The summed E-state index contributed by atoms with van der Waals surface area (Å²) in [4.78, 5) is 26.9. The lowest BCUT2D eigenvalue weighted by atomic mass is 9.88. The maximum Gasteiger partial charge on any atom is 0.193 e. The molecule has 0 aliphatic carbocycles. The fourth-order valence-corrected chi connectivity index (χ4v) is 3.76. The first kappa shape index (κ1) is 22.6. The Labute approximate surface area is 197 Å². The van der Waals surface area contributed by atoms with E-state index in [0.29, 0.717) is 56.3 Å². The summed E-state index contributed by atoms with van der Waals surface area (Å²) >= 11 is 0. The number of ether oxygens (including phenoxy) is 2. The first-order valence-electron chi connectivity index (χ1n) is 10.6. The molecule has 0 spiro atoms. The van der Waals surface area contributed by atoms with Gasteiger partial charge in [0.25, 0.3) is 0 Å². The Balaban J connectivity index is 1.83. The minimum atomic E-state index is -0.218. The van der Waals surface area contributed by atoms with Gasteiger partial charge in [-0.2, -0.15) is 0 Å². The van der Waals surface area contributed by atoms with E-state index in [1.165, 1.54) is 0 Å². The van der Waals surface area contributed by atoms with Crippen LogP contribution in [0, 0.1) is 0 Å². The SMILES string of the molecule is COc1ccc(C(=O)c2cc(N)ccc2-c2ccc(N)cc2C(=O)c2ccc(OC)cc2)cc1. The number of nitrogens with two attached hydrogens (primary N) is 2. The van der Waals surface area contributed by atoms with Gasteiger partial charge in [0.15, 0.2) is 11.6 Å². The minimum absolute atomic E-state index is 0.218. The zero-order valence-electron chi connectivity index (χ0n) is 18.9. The molecule has 0 heterocycles. The number of nitrogen functional groups attached to an aromatic ring is 2. The molecule has 0 saturated heterocycles. The van der Waals surface area contributed by atoms with E-state index in [-0.39, 0.29) is 11.6 Å². The minimum Gasteiger partial charge on any atom is -0.497 e. The van der Waals surface area contributed by atoms with Crippen LogP contribution in [0.3, 0.4) is 0 Å². The molecule has 0 saturated carbocycles. The second kappa shape index (κ2) is 9.50. The van der Waals surface area contributed by atoms with E-state index in [1.54, 1.807) is 99.1 Å². The Morgan fingerprint density at radius 1 is 0.559 bits per heavy atom. The highest BCUT2D eigenvalue weighted by atomic mass is 16.5. The van der Waals surface area contributed by atoms with Crippen LogP contribution in [-0.2, 0) is 0 Å². The van der Waals surface area contributed by atoms with Crippen molar-refractivity contribution in [1.29, 1.82) is 0 Å². The fourth-order valence-electron chi connectivity index (χ4n) is 3.76. The second-order valence-electron chi connectivity index (χ2n) is 7.73. The molecule has 0 aliphatic heterocycles. The number of methoxy groups -OCH3 is 2. The van der Waals surface area contributed by atoms with Crippen molar-refractivity contribution in [3.63, 3.8) is 0 Å². The third kappa shape index (κ3) is 4.47. The van der Waals surface area contributed by atoms with Crippen LogP contribution in [0.25, 0.3) is 11.1 Å². The largest absolute Gasteiger partial charge is 0.497 e. The van der Waals surface area contributed by atoms with Gasteiger partial charge >= 0.3 is 0 Å². The molecule has 6 heteroatoms. The van der Waals surface area contributed by atoms with Crippen LogP contribution in [0.1, 0.15) is 31.8 Å². The number of carbonyl (C=O) groups is 2. The molecule has 4 aromatic carbocycles. The molecule has 6 nitrogen and oxygen atoms in total. The van der Waals surface area contributed by atoms with E-state index in [2.05, 4.69) is 0 Å². The van der Waals surface area contributed by atoms with Gasteiger partial charge in [0.05, 0.1) is 14.2 Å². The smallest absolute Gasteiger partial charge is 0.193 e. The summed E-state index contributed by atoms with van der Waals surface area (Å²) in [6, 6.07) is 23.8. The highest BCUT2D eigenvalue weighted by Gasteiger charge is 2.21. The van der Waals surface area contributed by atoms with Gasteiger partial charge in [-0.1, -0.05) is 12.1 Å². The van der Waals surface area contributed by atoms with Gasteiger partial charge in [-0.15, -0.1) is 0 Å². The van der Waals surface area contributed by atoms with Crippen molar-refractivity contribution < 1.29 is 19.1 Å². The predicted molar refractivity (Wildman–Crippen MR) is 134 cm³/mol. The lowest BCUT2D eigenvalue weighted by molar-refractivity contribution is 0.103. The highest BCUT2D eigenvalue weighted by molar-refractivity contribution is 6.17. The quantitative estimate of drug-likeness (QED) is 0.302. The number of anilines is 2. The van der Waals surface area contributed by atoms with Gasteiger partial charge in [0, 0.05) is 33.6 Å². The maximum absolute atomic E-state index is 13.5. The third-order valence-electron chi connectivity index (χ3n) is 5.57. The van der Waals surface area contributed by atoms with Gasteiger partial charge in [0.1, 0.15) is 11.5 Å². The van der Waals surface area contributed by atoms with Crippen molar-refractivity contribution in [2.24, 2.45) is 0 Å². The summed E-state index contributed by atoms with van der Waals surface area (Å²) in [5.74, 6) is 0.861. The lowest BCUT2D eigenvalue weighted by Crippen LogP contribution is -2.09. The Hall–Kier alpha value is -4.58. The number of hydrogen-bond donors (Lipinski definition) is 2. The molecule has 4 aromatic rings. The van der Waals surface area contributed by atoms with E-state index < -0.39 is 0 Å². The van der Waals surface area contributed by atoms with Crippen molar-refractivity contribution >= 4 is 22.9 Å². The fraction of sp³-hybridized carbons (Fsp3) is 0.0714. The monoisotopic (exact) mass is 452 g/mol. The average molecular weight is 453 g/mol. The molecule has 0 bridgehead atoms. The first-order chi connectivity index (χ1) is 16.4. The van der Waals surface area contributed by atoms with Crippen LogP contribution in [0.2, 0.25) is 0 Å². The predicted octanol–water partition coefficient (Wildman–Crippen LogP) is 5.00. The molecule has 0 aliphatic rings. The van der Waals surface area contributed by atoms with Crippen molar-refractivity contribution in [3.05, 3.63) is 107 Å². The molecule has 0 aromatic heterocycles. The van der Waals surface area contributed by atoms with Gasteiger partial charge in [0.2, 0.25) is 0 Å². The Bertz CT molecular complexity index is 1250. The zero-order chi connectivity index (χ0) is 24.2. The molecule has 0 amide bonds. The van der Waals surface area contributed by atoms with Crippen molar-refractivity contribution in [1.82, 2.24) is 0 Å². The van der Waals surface area contributed by atoms with E-state index in [4.69, 9.17) is 20.9 Å². The summed E-state index contributed by atoms with van der Waals surface area (Å²) in [6.45, 7) is 0. The lowest BCUT2D eigenvalue weighted by Gasteiger charge is -2.15. The maximum atomic E-state index is 13.5. The van der Waals surface area contributed by atoms with Crippen LogP contribution >= 0.6 is 0 Å². The van der Waals surface area contributed by atoms with Crippen LogP contribution < -0.4 is 20.9 Å². The molecule has 0 unspecified atom stereocenters. The topological polar surface area (TPSA) is 105 Å². The van der Waals surface area contributed by atoms with Gasteiger partial charge in [-0.05, 0) is 83.9 Å². The Morgan fingerprint density at radius 3 is 1.24 bits per heavy atom. The summed E-state index contributed by atoms with van der Waals surface area (Å²) in [7, 11) is 3.13. The number of ketones is 2. The molecule has 170 valence electrons. The van der Waals surface area contributed by atoms with Crippen LogP contribution in [-0.4, -0.2) is 25.8 Å². The van der Waals surface area contributed by atoms with E-state index in [0.717, 1.165) is 0 Å². The molecule has 0 atom stereocenters. The highest BCUT2D eigenvalue weighted by Crippen LogP contribution is 2.33. The van der Waals surface area contributed by atoms with Crippen LogP contribution in [0.15, 0.2) is 84.9 Å². The van der Waals surface area contributed by atoms with Crippen molar-refractivity contribution in [2.75, 3.05) is 25.7 Å². The summed E-state index contributed by atoms with van der Waals surface area (Å²) in [5.41, 5.74) is 15.9. The van der Waals surface area contributed by atoms with E-state index in [9.17, 15) is 9.59 Å². The average Bonchev–Trinajstić information content (AvgIpc) is 2.88. The molecular weight excluding hydrogens is 428 g/mol. The van der Waals surface area contributed by atoms with Crippen molar-refractivity contribution in [2.45, 2.75) is 0 Å². The van der Waals surface area contributed by atoms with Crippen LogP contribution in [0.4, 0.5) is 11.4 Å². The first-order valence-corrected chi connectivity index (χ1v) is 10.6. The number of rotatable bonds is 7. The molecule has 4 rings (SSSR count). The summed E-state index contributed by atoms with van der Waals surface area (Å²) < 4.78 is 10.4. The molecular formula is C28H24N2O4. The van der Waals surface area contributed by atoms with E-state index in [1.807, 2.05) is 0 Å². The molecule has 0 radical (unpaired) electrons. The zero-order valence-corrected chi connectivity index (χ0v) is 18.9. The Morgan fingerprint density at radius 2 is 0.912 bits per heavy atom. The summed E-state index contributed by atoms with van der Waals surface area (Å²) in [5, 5.41) is 0. The summed E-state index contributed by atoms with van der Waals surface area (Å²) in [6.07, 6.45) is 0. The normalized spacial score (nSPS) is 10.5. The molecule has 4 N–H and O–H groups in total. The Kier molecular flexibility index (Phi) is 6.32. The number of benzene rings is 4. The second-order valence-corrected chi connectivity index (χ2v) is 7.73. The molecule has 34 heavy (non-hydrogen) atoms. The molecule has 0 fully saturated rings. The number of carbonyl (C=O) groups excluding carboxylic acids is 2. The van der Waals surface area contributed by atoms with Gasteiger partial charge in [-0.25, -0.2) is 0 Å². The van der Waals surface area contributed by atoms with Gasteiger partial charge < -0.3 is 20.9 Å². The van der Waals surface area contributed by atoms with Crippen molar-refractivity contribution in [3.8, 4) is 22.6 Å². The third-order valence-corrected chi connectivity index (χ3v) is 5.57. The number of hydrogen-bond acceptors (Lipinski definition) is 6. The standard InChI is InChI=1S/C28H24N2O4/c1-33-21-9-3-17(4-10-21)27(31)25-15-19(29)7-13-23(25)24-14-8-20(30)16-26(24)28(32)18-5-11-22(34-2)12-6-18/h3-16H,29-30H2,1-2H3.